The average molecular weight is 259 g/mol. The molecule has 19 heavy (non-hydrogen) atoms. The van der Waals surface area contributed by atoms with E-state index in [4.69, 9.17) is 10.3 Å². The fraction of sp³-hybridized carbons (Fsp3) is 0.286. The van der Waals surface area contributed by atoms with Crippen molar-refractivity contribution in [1.82, 2.24) is 10.5 Å². The zero-order chi connectivity index (χ0) is 13.7. The Kier molecular flexibility index (Phi) is 4.30. The Morgan fingerprint density at radius 3 is 2.84 bits per heavy atom. The minimum Gasteiger partial charge on any atom is -0.359 e. The van der Waals surface area contributed by atoms with Crippen LogP contribution in [0.15, 0.2) is 40.9 Å². The molecule has 0 saturated carbocycles. The third-order valence-corrected chi connectivity index (χ3v) is 2.60. The van der Waals surface area contributed by atoms with E-state index in [1.54, 1.807) is 6.92 Å². The van der Waals surface area contributed by atoms with Gasteiger partial charge in [0.2, 0.25) is 5.91 Å². The molecule has 0 spiro atoms. The van der Waals surface area contributed by atoms with Crippen molar-refractivity contribution in [2.75, 3.05) is 0 Å². The van der Waals surface area contributed by atoms with Gasteiger partial charge in [-0.05, 0) is 6.92 Å². The summed E-state index contributed by atoms with van der Waals surface area (Å²) in [6.07, 6.45) is 0.305. The van der Waals surface area contributed by atoms with Crippen LogP contribution in [0.5, 0.6) is 0 Å². The van der Waals surface area contributed by atoms with E-state index >= 15 is 0 Å². The first kappa shape index (κ1) is 13.3. The predicted molar refractivity (Wildman–Crippen MR) is 72.1 cm³/mol. The molecule has 1 amide bonds. The van der Waals surface area contributed by atoms with Crippen molar-refractivity contribution in [2.45, 2.75) is 25.9 Å². The molecule has 1 atom stereocenters. The van der Waals surface area contributed by atoms with Gasteiger partial charge in [-0.3, -0.25) is 4.79 Å². The molecule has 1 heterocycles. The molecule has 1 unspecified atom stereocenters. The first-order valence-corrected chi connectivity index (χ1v) is 6.18. The fourth-order valence-corrected chi connectivity index (χ4v) is 1.69. The monoisotopic (exact) mass is 259 g/mol. The summed E-state index contributed by atoms with van der Waals surface area (Å²) in [4.78, 5) is 11.5. The van der Waals surface area contributed by atoms with Gasteiger partial charge in [0, 0.05) is 24.1 Å². The van der Waals surface area contributed by atoms with Crippen LogP contribution in [0, 0.1) is 0 Å². The largest absolute Gasteiger partial charge is 0.359 e. The van der Waals surface area contributed by atoms with Gasteiger partial charge in [0.25, 0.3) is 0 Å². The molecule has 0 aliphatic carbocycles. The molecule has 0 radical (unpaired) electrons. The highest BCUT2D eigenvalue weighted by Gasteiger charge is 2.08. The molecule has 5 heteroatoms. The Hall–Kier alpha value is -2.14. The van der Waals surface area contributed by atoms with E-state index in [1.165, 1.54) is 0 Å². The summed E-state index contributed by atoms with van der Waals surface area (Å²) in [5.41, 5.74) is 7.29. The van der Waals surface area contributed by atoms with Crippen molar-refractivity contribution in [3.05, 3.63) is 42.2 Å². The van der Waals surface area contributed by atoms with Crippen LogP contribution >= 0.6 is 0 Å². The van der Waals surface area contributed by atoms with E-state index in [0.29, 0.717) is 18.7 Å². The summed E-state index contributed by atoms with van der Waals surface area (Å²) in [7, 11) is 0. The van der Waals surface area contributed by atoms with Gasteiger partial charge < -0.3 is 15.6 Å². The van der Waals surface area contributed by atoms with Gasteiger partial charge in [-0.15, -0.1) is 0 Å². The lowest BCUT2D eigenvalue weighted by Crippen LogP contribution is -2.29. The zero-order valence-electron chi connectivity index (χ0n) is 10.8. The standard InChI is InChI=1S/C14H17N3O2/c1-10(15)7-14(18)16-9-12-8-13(17-19-12)11-5-3-2-4-6-11/h2-6,8,10H,7,9,15H2,1H3,(H,16,18). The molecule has 2 aromatic rings. The van der Waals surface area contributed by atoms with Crippen molar-refractivity contribution < 1.29 is 9.32 Å². The third-order valence-electron chi connectivity index (χ3n) is 2.60. The lowest BCUT2D eigenvalue weighted by Gasteiger charge is -2.04. The summed E-state index contributed by atoms with van der Waals surface area (Å²) < 4.78 is 5.18. The number of nitrogens with two attached hydrogens (primary N) is 1. The van der Waals surface area contributed by atoms with Gasteiger partial charge in [0.15, 0.2) is 5.76 Å². The summed E-state index contributed by atoms with van der Waals surface area (Å²) in [5.74, 6) is 0.532. The van der Waals surface area contributed by atoms with Gasteiger partial charge >= 0.3 is 0 Å². The van der Waals surface area contributed by atoms with Crippen molar-refractivity contribution in [3.63, 3.8) is 0 Å². The maximum Gasteiger partial charge on any atom is 0.221 e. The molecule has 1 aromatic carbocycles. The summed E-state index contributed by atoms with van der Waals surface area (Å²) >= 11 is 0. The topological polar surface area (TPSA) is 81.2 Å². The predicted octanol–water partition coefficient (Wildman–Crippen LogP) is 1.70. The molecule has 100 valence electrons. The highest BCUT2D eigenvalue weighted by atomic mass is 16.5. The van der Waals surface area contributed by atoms with Crippen molar-refractivity contribution in [1.29, 1.82) is 0 Å². The number of aromatic nitrogens is 1. The lowest BCUT2D eigenvalue weighted by atomic mass is 10.1. The van der Waals surface area contributed by atoms with E-state index in [2.05, 4.69) is 10.5 Å². The maximum atomic E-state index is 11.5. The van der Waals surface area contributed by atoms with Crippen LogP contribution in [-0.4, -0.2) is 17.1 Å². The van der Waals surface area contributed by atoms with Crippen LogP contribution in [0.2, 0.25) is 0 Å². The maximum absolute atomic E-state index is 11.5. The molecular formula is C14H17N3O2. The summed E-state index contributed by atoms with van der Waals surface area (Å²) in [6.45, 7) is 2.12. The minimum absolute atomic E-state index is 0.0901. The fourth-order valence-electron chi connectivity index (χ4n) is 1.69. The van der Waals surface area contributed by atoms with Gasteiger partial charge in [-0.1, -0.05) is 35.5 Å². The molecule has 0 bridgehead atoms. The lowest BCUT2D eigenvalue weighted by molar-refractivity contribution is -0.121. The van der Waals surface area contributed by atoms with Crippen LogP contribution in [0.3, 0.4) is 0 Å². The molecule has 0 aliphatic heterocycles. The van der Waals surface area contributed by atoms with Gasteiger partial charge in [0.1, 0.15) is 5.69 Å². The SMILES string of the molecule is CC(N)CC(=O)NCc1cc(-c2ccccc2)no1. The highest BCUT2D eigenvalue weighted by Crippen LogP contribution is 2.18. The first-order valence-electron chi connectivity index (χ1n) is 6.18. The Morgan fingerprint density at radius 1 is 1.42 bits per heavy atom. The van der Waals surface area contributed by atoms with Crippen LogP contribution in [0.1, 0.15) is 19.1 Å². The number of rotatable bonds is 5. The molecule has 3 N–H and O–H groups in total. The Labute approximate surface area is 111 Å². The van der Waals surface area contributed by atoms with Gasteiger partial charge in [-0.2, -0.15) is 0 Å². The number of hydrogen-bond acceptors (Lipinski definition) is 4. The molecule has 1 aromatic heterocycles. The van der Waals surface area contributed by atoms with Gasteiger partial charge in [0.05, 0.1) is 6.54 Å². The molecule has 2 rings (SSSR count). The zero-order valence-corrected chi connectivity index (χ0v) is 10.8. The number of carbonyl (C=O) groups is 1. The number of nitrogens with zero attached hydrogens (tertiary/aromatic N) is 1. The summed E-state index contributed by atoms with van der Waals surface area (Å²) in [5, 5.41) is 6.72. The third kappa shape index (κ3) is 3.93. The number of amides is 1. The van der Waals surface area contributed by atoms with Crippen LogP contribution in [0.4, 0.5) is 0 Å². The molecule has 0 fully saturated rings. The second-order valence-corrected chi connectivity index (χ2v) is 4.50. The van der Waals surface area contributed by atoms with Crippen LogP contribution < -0.4 is 11.1 Å². The number of hydrogen-bond donors (Lipinski definition) is 2. The normalized spacial score (nSPS) is 12.1. The quantitative estimate of drug-likeness (QED) is 0.856. The minimum atomic E-state index is -0.144. The van der Waals surface area contributed by atoms with Crippen LogP contribution in [0.25, 0.3) is 11.3 Å². The van der Waals surface area contributed by atoms with Crippen molar-refractivity contribution in [2.24, 2.45) is 5.73 Å². The smallest absolute Gasteiger partial charge is 0.221 e. The Bertz CT molecular complexity index is 535. The molecule has 5 nitrogen and oxygen atoms in total. The van der Waals surface area contributed by atoms with E-state index < -0.39 is 0 Å². The average Bonchev–Trinajstić information content (AvgIpc) is 2.85. The second kappa shape index (κ2) is 6.15. The second-order valence-electron chi connectivity index (χ2n) is 4.50. The molecular weight excluding hydrogens is 242 g/mol. The van der Waals surface area contributed by atoms with E-state index in [-0.39, 0.29) is 11.9 Å². The van der Waals surface area contributed by atoms with E-state index in [9.17, 15) is 4.79 Å². The summed E-state index contributed by atoms with van der Waals surface area (Å²) in [6, 6.07) is 11.4. The van der Waals surface area contributed by atoms with Crippen molar-refractivity contribution in [3.8, 4) is 11.3 Å². The van der Waals surface area contributed by atoms with Crippen LogP contribution in [-0.2, 0) is 11.3 Å². The van der Waals surface area contributed by atoms with Gasteiger partial charge in [-0.25, -0.2) is 0 Å². The van der Waals surface area contributed by atoms with E-state index in [1.807, 2.05) is 36.4 Å². The number of benzene rings is 1. The molecule has 0 saturated heterocycles. The Morgan fingerprint density at radius 2 is 2.16 bits per heavy atom. The van der Waals surface area contributed by atoms with Crippen molar-refractivity contribution >= 4 is 5.91 Å². The highest BCUT2D eigenvalue weighted by molar-refractivity contribution is 5.76. The molecule has 0 aliphatic rings. The van der Waals surface area contributed by atoms with E-state index in [0.717, 1.165) is 11.3 Å². The Balaban J connectivity index is 1.93. The number of carbonyl (C=O) groups excluding carboxylic acids is 1. The first-order chi connectivity index (χ1) is 9.15. The number of nitrogens with one attached hydrogen (secondary N) is 1.